The zero-order valence-corrected chi connectivity index (χ0v) is 14.6. The molecule has 2 amide bonds. The van der Waals surface area contributed by atoms with Gasteiger partial charge < -0.3 is 15.4 Å². The average Bonchev–Trinajstić information content (AvgIpc) is 2.67. The van der Waals surface area contributed by atoms with Crippen molar-refractivity contribution < 1.29 is 9.53 Å². The Hall–Kier alpha value is -3.48. The Labute approximate surface area is 151 Å². The van der Waals surface area contributed by atoms with E-state index < -0.39 is 0 Å². The maximum Gasteiger partial charge on any atom is 0.319 e. The van der Waals surface area contributed by atoms with Crippen molar-refractivity contribution in [1.82, 2.24) is 20.3 Å². The summed E-state index contributed by atoms with van der Waals surface area (Å²) in [5.41, 5.74) is 3.29. The van der Waals surface area contributed by atoms with Gasteiger partial charge in [0.25, 0.3) is 0 Å². The van der Waals surface area contributed by atoms with E-state index in [0.717, 1.165) is 16.8 Å². The van der Waals surface area contributed by atoms with Crippen molar-refractivity contribution in [3.8, 4) is 17.3 Å². The van der Waals surface area contributed by atoms with Crippen molar-refractivity contribution >= 4 is 11.7 Å². The van der Waals surface area contributed by atoms with Crippen molar-refractivity contribution in [2.45, 2.75) is 13.5 Å². The molecule has 26 heavy (non-hydrogen) atoms. The minimum absolute atomic E-state index is 0.303. The number of methoxy groups -OCH3 is 1. The number of urea groups is 1. The number of hydrogen-bond donors (Lipinski definition) is 2. The number of benzene rings is 1. The molecule has 0 spiro atoms. The Kier molecular flexibility index (Phi) is 5.38. The summed E-state index contributed by atoms with van der Waals surface area (Å²) in [4.78, 5) is 24.8. The Morgan fingerprint density at radius 2 is 1.96 bits per heavy atom. The van der Waals surface area contributed by atoms with Crippen molar-refractivity contribution in [2.75, 3.05) is 12.4 Å². The van der Waals surface area contributed by atoms with Gasteiger partial charge in [0.05, 0.1) is 7.11 Å². The van der Waals surface area contributed by atoms with E-state index in [1.807, 2.05) is 43.3 Å². The molecule has 0 radical (unpaired) electrons. The number of nitrogens with zero attached hydrogens (tertiary/aromatic N) is 3. The van der Waals surface area contributed by atoms with Gasteiger partial charge in [-0.25, -0.2) is 19.7 Å². The van der Waals surface area contributed by atoms with E-state index in [-0.39, 0.29) is 6.03 Å². The summed E-state index contributed by atoms with van der Waals surface area (Å²) in [6.45, 7) is 2.28. The number of aromatic nitrogens is 3. The number of ether oxygens (including phenoxy) is 1. The first-order chi connectivity index (χ1) is 12.6. The number of carbonyl (C=O) groups is 1. The molecule has 7 nitrogen and oxygen atoms in total. The van der Waals surface area contributed by atoms with Crippen LogP contribution in [-0.4, -0.2) is 28.1 Å². The molecular weight excluding hydrogens is 330 g/mol. The fourth-order valence-electron chi connectivity index (χ4n) is 2.35. The lowest BCUT2D eigenvalue weighted by molar-refractivity contribution is 0.251. The lowest BCUT2D eigenvalue weighted by Crippen LogP contribution is -2.28. The maximum absolute atomic E-state index is 12.1. The molecule has 2 N–H and O–H groups in total. The Morgan fingerprint density at radius 1 is 1.12 bits per heavy atom. The fourth-order valence-corrected chi connectivity index (χ4v) is 2.35. The number of amides is 2. The maximum atomic E-state index is 12.1. The molecule has 0 aliphatic rings. The summed E-state index contributed by atoms with van der Waals surface area (Å²) in [6.07, 6.45) is 3.35. The van der Waals surface area contributed by atoms with E-state index in [9.17, 15) is 4.79 Å². The van der Waals surface area contributed by atoms with Crippen LogP contribution in [0.2, 0.25) is 0 Å². The van der Waals surface area contributed by atoms with E-state index in [1.165, 1.54) is 0 Å². The molecule has 0 aliphatic carbocycles. The molecule has 3 rings (SSSR count). The third-order valence-electron chi connectivity index (χ3n) is 3.63. The molecule has 0 saturated heterocycles. The highest BCUT2D eigenvalue weighted by Crippen LogP contribution is 2.19. The smallest absolute Gasteiger partial charge is 0.319 e. The summed E-state index contributed by atoms with van der Waals surface area (Å²) in [7, 11) is 1.55. The summed E-state index contributed by atoms with van der Waals surface area (Å²) >= 11 is 0. The predicted molar refractivity (Wildman–Crippen MR) is 98.9 cm³/mol. The number of nitrogens with one attached hydrogen (secondary N) is 2. The second-order valence-electron chi connectivity index (χ2n) is 5.62. The summed E-state index contributed by atoms with van der Waals surface area (Å²) in [5.74, 6) is 1.13. The molecule has 0 unspecified atom stereocenters. The molecule has 2 aromatic heterocycles. The molecule has 7 heteroatoms. The van der Waals surface area contributed by atoms with Crippen molar-refractivity contribution in [2.24, 2.45) is 0 Å². The monoisotopic (exact) mass is 349 g/mol. The molecule has 2 heterocycles. The van der Waals surface area contributed by atoms with Gasteiger partial charge in [0.2, 0.25) is 5.88 Å². The number of rotatable bonds is 5. The lowest BCUT2D eigenvalue weighted by atomic mass is 10.2. The molecule has 3 aromatic rings. The second-order valence-corrected chi connectivity index (χ2v) is 5.62. The van der Waals surface area contributed by atoms with Crippen LogP contribution in [0.1, 0.15) is 11.3 Å². The van der Waals surface area contributed by atoms with Crippen molar-refractivity contribution in [3.05, 3.63) is 66.1 Å². The number of carbonyl (C=O) groups excluding carboxylic acids is 1. The zero-order chi connectivity index (χ0) is 18.4. The molecule has 0 atom stereocenters. The molecule has 0 bridgehead atoms. The Balaban J connectivity index is 1.63. The number of hydrogen-bond acceptors (Lipinski definition) is 5. The normalized spacial score (nSPS) is 10.2. The third-order valence-corrected chi connectivity index (χ3v) is 3.63. The van der Waals surface area contributed by atoms with Gasteiger partial charge in [-0.05, 0) is 36.8 Å². The van der Waals surface area contributed by atoms with Gasteiger partial charge in [-0.2, -0.15) is 0 Å². The van der Waals surface area contributed by atoms with Crippen LogP contribution in [0, 0.1) is 6.92 Å². The van der Waals surface area contributed by atoms with E-state index >= 15 is 0 Å². The molecule has 132 valence electrons. The highest BCUT2D eigenvalue weighted by atomic mass is 16.5. The van der Waals surface area contributed by atoms with Gasteiger partial charge in [-0.3, -0.25) is 0 Å². The largest absolute Gasteiger partial charge is 0.481 e. The van der Waals surface area contributed by atoms with Crippen molar-refractivity contribution in [3.63, 3.8) is 0 Å². The molecule has 1 aromatic carbocycles. The molecular formula is C19H19N5O2. The Bertz CT molecular complexity index is 914. The summed E-state index contributed by atoms with van der Waals surface area (Å²) in [5, 5.41) is 5.62. The van der Waals surface area contributed by atoms with E-state index in [1.54, 1.807) is 25.6 Å². The summed E-state index contributed by atoms with van der Waals surface area (Å²) in [6, 6.07) is 12.5. The third kappa shape index (κ3) is 4.54. The van der Waals surface area contributed by atoms with Crippen LogP contribution in [0.5, 0.6) is 5.88 Å². The van der Waals surface area contributed by atoms with E-state index in [2.05, 4.69) is 25.6 Å². The predicted octanol–water partition coefficient (Wildman–Crippen LogP) is 3.18. The minimum atomic E-state index is -0.303. The van der Waals surface area contributed by atoms with Crippen LogP contribution in [0.4, 0.5) is 10.5 Å². The number of aryl methyl sites for hydroxylation is 1. The first-order valence-electron chi connectivity index (χ1n) is 8.08. The van der Waals surface area contributed by atoms with Crippen LogP contribution in [0.15, 0.2) is 54.9 Å². The standard InChI is InChI=1S/C19H19N5O2/c1-13-6-8-21-18(23-13)15-4-3-5-16(11-15)24-19(25)22-12-14-7-9-20-17(10-14)26-2/h3-11H,12H2,1-2H3,(H2,22,24,25). The van der Waals surface area contributed by atoms with Gasteiger partial charge in [0.1, 0.15) is 0 Å². The fraction of sp³-hybridized carbons (Fsp3) is 0.158. The quantitative estimate of drug-likeness (QED) is 0.738. The molecule has 0 fully saturated rings. The van der Waals surface area contributed by atoms with Gasteiger partial charge in [-0.15, -0.1) is 0 Å². The number of pyridine rings is 1. The molecule has 0 saturated carbocycles. The van der Waals surface area contributed by atoms with E-state index in [0.29, 0.717) is 23.9 Å². The SMILES string of the molecule is COc1cc(CNC(=O)Nc2cccc(-c3nccc(C)n3)c2)ccn1. The van der Waals surface area contributed by atoms with Crippen LogP contribution < -0.4 is 15.4 Å². The highest BCUT2D eigenvalue weighted by Gasteiger charge is 2.06. The van der Waals surface area contributed by atoms with Crippen molar-refractivity contribution in [1.29, 1.82) is 0 Å². The van der Waals surface area contributed by atoms with Gasteiger partial charge >= 0.3 is 6.03 Å². The van der Waals surface area contributed by atoms with Crippen LogP contribution in [0.25, 0.3) is 11.4 Å². The topological polar surface area (TPSA) is 89.0 Å². The van der Waals surface area contributed by atoms with Gasteiger partial charge in [-0.1, -0.05) is 12.1 Å². The molecule has 0 aliphatic heterocycles. The van der Waals surface area contributed by atoms with Gasteiger partial charge in [0, 0.05) is 41.9 Å². The van der Waals surface area contributed by atoms with Gasteiger partial charge in [0.15, 0.2) is 5.82 Å². The van der Waals surface area contributed by atoms with Crippen LogP contribution in [-0.2, 0) is 6.54 Å². The minimum Gasteiger partial charge on any atom is -0.481 e. The van der Waals surface area contributed by atoms with Crippen LogP contribution in [0.3, 0.4) is 0 Å². The lowest BCUT2D eigenvalue weighted by Gasteiger charge is -2.09. The summed E-state index contributed by atoms with van der Waals surface area (Å²) < 4.78 is 5.07. The Morgan fingerprint density at radius 3 is 2.77 bits per heavy atom. The highest BCUT2D eigenvalue weighted by molar-refractivity contribution is 5.89. The van der Waals surface area contributed by atoms with E-state index in [4.69, 9.17) is 4.74 Å². The second kappa shape index (κ2) is 8.06. The van der Waals surface area contributed by atoms with Crippen LogP contribution >= 0.6 is 0 Å². The zero-order valence-electron chi connectivity index (χ0n) is 14.6. The first-order valence-corrected chi connectivity index (χ1v) is 8.08. The number of anilines is 1. The first kappa shape index (κ1) is 17.3. The average molecular weight is 349 g/mol.